The first-order valence-electron chi connectivity index (χ1n) is 10.7. The highest BCUT2D eigenvalue weighted by atomic mass is 16.5. The highest BCUT2D eigenvalue weighted by Crippen LogP contribution is 2.29. The maximum atomic E-state index is 11.4. The van der Waals surface area contributed by atoms with Crippen molar-refractivity contribution in [3.8, 4) is 5.75 Å². The molecule has 0 aliphatic carbocycles. The van der Waals surface area contributed by atoms with Crippen LogP contribution in [0.2, 0.25) is 0 Å². The van der Waals surface area contributed by atoms with Gasteiger partial charge in [0.15, 0.2) is 0 Å². The van der Waals surface area contributed by atoms with Crippen LogP contribution in [0.3, 0.4) is 0 Å². The normalized spacial score (nSPS) is 12.1. The van der Waals surface area contributed by atoms with Gasteiger partial charge in [0.2, 0.25) is 0 Å². The lowest BCUT2D eigenvalue weighted by Crippen LogP contribution is -2.13. The molecule has 3 aromatic rings. The zero-order chi connectivity index (χ0) is 21.3. The molecule has 0 amide bonds. The highest BCUT2D eigenvalue weighted by Gasteiger charge is 2.17. The molecule has 1 aromatic carbocycles. The second-order valence-electron chi connectivity index (χ2n) is 7.55. The van der Waals surface area contributed by atoms with Crippen LogP contribution in [0.25, 0.3) is 10.9 Å². The van der Waals surface area contributed by atoms with Gasteiger partial charge in [-0.2, -0.15) is 0 Å². The number of fused-ring (bicyclic) bond motifs is 1. The van der Waals surface area contributed by atoms with E-state index in [2.05, 4.69) is 21.8 Å². The third kappa shape index (κ3) is 5.75. The zero-order valence-electron chi connectivity index (χ0n) is 17.8. The van der Waals surface area contributed by atoms with Crippen LogP contribution in [-0.4, -0.2) is 34.3 Å². The Bertz CT molecular complexity index is 967. The Labute approximate surface area is 177 Å². The van der Waals surface area contributed by atoms with E-state index in [1.807, 2.05) is 55.7 Å². The molecule has 0 spiro atoms. The van der Waals surface area contributed by atoms with Crippen molar-refractivity contribution in [2.24, 2.45) is 0 Å². The Hall–Kier alpha value is -3.02. The van der Waals surface area contributed by atoms with Gasteiger partial charge in [0.1, 0.15) is 11.6 Å². The number of carboxylic acid groups (broad SMARTS) is 1. The summed E-state index contributed by atoms with van der Waals surface area (Å²) in [5, 5.41) is 13.4. The van der Waals surface area contributed by atoms with Gasteiger partial charge in [-0.25, -0.2) is 4.98 Å². The smallest absolute Gasteiger partial charge is 0.305 e. The van der Waals surface area contributed by atoms with E-state index in [1.165, 1.54) is 0 Å². The predicted molar refractivity (Wildman–Crippen MR) is 120 cm³/mol. The maximum absolute atomic E-state index is 11.4. The van der Waals surface area contributed by atoms with Gasteiger partial charge in [-0.1, -0.05) is 32.3 Å². The summed E-state index contributed by atoms with van der Waals surface area (Å²) in [4.78, 5) is 15.9. The molecule has 2 aromatic heterocycles. The minimum atomic E-state index is -0.755. The van der Waals surface area contributed by atoms with Crippen LogP contribution in [0, 0.1) is 0 Å². The first-order chi connectivity index (χ1) is 14.6. The molecule has 0 aliphatic rings. The first-order valence-corrected chi connectivity index (χ1v) is 10.7. The summed E-state index contributed by atoms with van der Waals surface area (Å²) in [6.07, 6.45) is 7.04. The fraction of sp³-hybridized carbons (Fsp3) is 0.417. The Morgan fingerprint density at radius 2 is 2.10 bits per heavy atom. The average Bonchev–Trinajstić information content (AvgIpc) is 3.16. The van der Waals surface area contributed by atoms with Crippen LogP contribution < -0.4 is 10.1 Å². The summed E-state index contributed by atoms with van der Waals surface area (Å²) in [5.41, 5.74) is 2.03. The lowest BCUT2D eigenvalue weighted by molar-refractivity contribution is -0.137. The van der Waals surface area contributed by atoms with Crippen molar-refractivity contribution in [1.82, 2.24) is 9.55 Å². The number of nitrogens with one attached hydrogen (secondary N) is 1. The highest BCUT2D eigenvalue weighted by molar-refractivity contribution is 5.82. The van der Waals surface area contributed by atoms with Crippen molar-refractivity contribution < 1.29 is 14.6 Å². The number of pyridine rings is 1. The number of aromatic nitrogens is 2. The van der Waals surface area contributed by atoms with E-state index in [0.717, 1.165) is 60.3 Å². The van der Waals surface area contributed by atoms with Crippen molar-refractivity contribution in [3.63, 3.8) is 0 Å². The van der Waals surface area contributed by atoms with Crippen LogP contribution in [0.1, 0.15) is 50.8 Å². The fourth-order valence-corrected chi connectivity index (χ4v) is 3.75. The number of nitrogens with zero attached hydrogens (tertiary/aromatic N) is 2. The number of anilines is 1. The summed E-state index contributed by atoms with van der Waals surface area (Å²) in [6, 6.07) is 13.9. The minimum Gasteiger partial charge on any atom is -0.493 e. The third-order valence-corrected chi connectivity index (χ3v) is 5.33. The number of hydrogen-bond acceptors (Lipinski definition) is 4. The number of hydrogen-bond donors (Lipinski definition) is 2. The largest absolute Gasteiger partial charge is 0.493 e. The van der Waals surface area contributed by atoms with Crippen LogP contribution in [0.5, 0.6) is 5.75 Å². The number of carboxylic acids is 1. The van der Waals surface area contributed by atoms with Crippen LogP contribution >= 0.6 is 0 Å². The summed E-state index contributed by atoms with van der Waals surface area (Å²) in [5.74, 6) is 0.908. The molecule has 1 unspecified atom stereocenters. The van der Waals surface area contributed by atoms with Gasteiger partial charge >= 0.3 is 5.97 Å². The molecular weight excluding hydrogens is 378 g/mol. The third-order valence-electron chi connectivity index (χ3n) is 5.33. The number of benzene rings is 1. The molecule has 2 N–H and O–H groups in total. The van der Waals surface area contributed by atoms with Crippen molar-refractivity contribution in [2.75, 3.05) is 19.0 Å². The van der Waals surface area contributed by atoms with Crippen LogP contribution in [-0.2, 0) is 11.2 Å². The van der Waals surface area contributed by atoms with E-state index in [1.54, 1.807) is 0 Å². The lowest BCUT2D eigenvalue weighted by atomic mass is 10.0. The molecule has 2 heterocycles. The molecule has 30 heavy (non-hydrogen) atoms. The number of unbranched alkanes of at least 4 members (excludes halogenated alkanes) is 2. The number of ether oxygens (including phenoxy) is 1. The summed E-state index contributed by atoms with van der Waals surface area (Å²) >= 11 is 0. The standard InChI is InChI=1S/C24H31N3O3/c1-3-4-5-8-20(17-24(28)29)27-14-12-18-16-21(10-11-22(18)27)30-15-13-19-7-6-9-23(25-2)26-19/h6-7,9-12,14,16,20H,3-5,8,13,15,17H2,1-2H3,(H,25,26)(H,28,29). The maximum Gasteiger partial charge on any atom is 0.305 e. The van der Waals surface area contributed by atoms with Crippen LogP contribution in [0.15, 0.2) is 48.7 Å². The Morgan fingerprint density at radius 3 is 2.87 bits per heavy atom. The predicted octanol–water partition coefficient (Wildman–Crippen LogP) is 5.30. The van der Waals surface area contributed by atoms with Crippen molar-refractivity contribution in [1.29, 1.82) is 0 Å². The zero-order valence-corrected chi connectivity index (χ0v) is 17.8. The molecule has 0 bridgehead atoms. The molecule has 0 saturated carbocycles. The SMILES string of the molecule is CCCCCC(CC(=O)O)n1ccc2cc(OCCc3cccc(NC)n3)ccc21. The van der Waals surface area contributed by atoms with E-state index in [4.69, 9.17) is 4.74 Å². The number of aliphatic carboxylic acids is 1. The molecule has 0 fully saturated rings. The van der Waals surface area contributed by atoms with E-state index in [9.17, 15) is 9.90 Å². The molecular formula is C24H31N3O3. The van der Waals surface area contributed by atoms with Gasteiger partial charge in [-0.05, 0) is 42.8 Å². The van der Waals surface area contributed by atoms with Crippen molar-refractivity contribution in [2.45, 2.75) is 51.5 Å². The first kappa shape index (κ1) is 21.7. The van der Waals surface area contributed by atoms with Gasteiger partial charge in [0.25, 0.3) is 0 Å². The lowest BCUT2D eigenvalue weighted by Gasteiger charge is -2.18. The second kappa shape index (κ2) is 10.7. The minimum absolute atomic E-state index is 0.0242. The molecule has 0 aliphatic heterocycles. The van der Waals surface area contributed by atoms with Gasteiger partial charge in [-0.3, -0.25) is 4.79 Å². The van der Waals surface area contributed by atoms with Crippen LogP contribution in [0.4, 0.5) is 5.82 Å². The molecule has 3 rings (SSSR count). The molecule has 6 nitrogen and oxygen atoms in total. The Morgan fingerprint density at radius 1 is 1.23 bits per heavy atom. The van der Waals surface area contributed by atoms with Crippen molar-refractivity contribution in [3.05, 3.63) is 54.4 Å². The second-order valence-corrected chi connectivity index (χ2v) is 7.55. The van der Waals surface area contributed by atoms with Crippen molar-refractivity contribution >= 4 is 22.7 Å². The fourth-order valence-electron chi connectivity index (χ4n) is 3.75. The van der Waals surface area contributed by atoms with Gasteiger partial charge in [0.05, 0.1) is 13.0 Å². The molecule has 0 saturated heterocycles. The van der Waals surface area contributed by atoms with Gasteiger partial charge < -0.3 is 19.7 Å². The molecule has 1 atom stereocenters. The topological polar surface area (TPSA) is 76.4 Å². The summed E-state index contributed by atoms with van der Waals surface area (Å²) in [7, 11) is 1.86. The van der Waals surface area contributed by atoms with E-state index < -0.39 is 5.97 Å². The average molecular weight is 410 g/mol. The van der Waals surface area contributed by atoms with Gasteiger partial charge in [0, 0.05) is 42.3 Å². The summed E-state index contributed by atoms with van der Waals surface area (Å²) in [6.45, 7) is 2.71. The number of carbonyl (C=O) groups is 1. The molecule has 160 valence electrons. The summed E-state index contributed by atoms with van der Waals surface area (Å²) < 4.78 is 8.05. The van der Waals surface area contributed by atoms with E-state index in [-0.39, 0.29) is 12.5 Å². The van der Waals surface area contributed by atoms with Gasteiger partial charge in [-0.15, -0.1) is 0 Å². The number of rotatable bonds is 12. The monoisotopic (exact) mass is 409 g/mol. The molecule has 0 radical (unpaired) electrons. The Balaban J connectivity index is 1.67. The Kier molecular flexibility index (Phi) is 7.71. The van der Waals surface area contributed by atoms with E-state index in [0.29, 0.717) is 6.61 Å². The molecule has 6 heteroatoms. The quantitative estimate of drug-likeness (QED) is 0.397. The van der Waals surface area contributed by atoms with E-state index >= 15 is 0 Å².